The third-order valence-corrected chi connectivity index (χ3v) is 5.70. The molecule has 1 heterocycles. The Labute approximate surface area is 197 Å². The molecule has 33 heavy (non-hydrogen) atoms. The molecule has 0 aromatic heterocycles. The minimum absolute atomic E-state index is 0.0274. The molecule has 1 saturated heterocycles. The number of morpholine rings is 1. The Bertz CT molecular complexity index is 996. The van der Waals surface area contributed by atoms with Crippen LogP contribution in [0.4, 0.5) is 5.69 Å². The summed E-state index contributed by atoms with van der Waals surface area (Å²) in [6.45, 7) is 15.1. The van der Waals surface area contributed by atoms with Crippen molar-refractivity contribution in [3.63, 3.8) is 0 Å². The van der Waals surface area contributed by atoms with Crippen molar-refractivity contribution in [2.45, 2.75) is 52.4 Å². The molecular weight excluding hydrogens is 416 g/mol. The van der Waals surface area contributed by atoms with Gasteiger partial charge in [-0.2, -0.15) is 0 Å². The van der Waals surface area contributed by atoms with E-state index in [1.165, 1.54) is 5.56 Å². The van der Waals surface area contributed by atoms with Crippen molar-refractivity contribution in [2.75, 3.05) is 38.2 Å². The first kappa shape index (κ1) is 24.8. The molecule has 2 aromatic carbocycles. The van der Waals surface area contributed by atoms with E-state index in [1.807, 2.05) is 6.07 Å². The Balaban J connectivity index is 1.67. The van der Waals surface area contributed by atoms with E-state index in [2.05, 4.69) is 59.0 Å². The molecule has 3 rings (SSSR count). The zero-order valence-corrected chi connectivity index (χ0v) is 20.7. The van der Waals surface area contributed by atoms with Crippen molar-refractivity contribution in [1.29, 1.82) is 0 Å². The van der Waals surface area contributed by atoms with Crippen LogP contribution in [-0.2, 0) is 20.4 Å². The molecule has 0 spiro atoms. The van der Waals surface area contributed by atoms with E-state index in [0.717, 1.165) is 5.56 Å². The predicted octanol–water partition coefficient (Wildman–Crippen LogP) is 4.77. The number of anilines is 1. The molecule has 1 fully saturated rings. The summed E-state index contributed by atoms with van der Waals surface area (Å²) >= 11 is 0. The maximum Gasteiger partial charge on any atom is 0.262 e. The maximum atomic E-state index is 12.7. The molecule has 0 unspecified atom stereocenters. The zero-order valence-electron chi connectivity index (χ0n) is 20.7. The summed E-state index contributed by atoms with van der Waals surface area (Å²) in [6, 6.07) is 13.2. The third kappa shape index (κ3) is 6.57. The fourth-order valence-corrected chi connectivity index (χ4v) is 3.73. The molecular formula is C27H36N2O4. The summed E-state index contributed by atoms with van der Waals surface area (Å²) in [5.41, 5.74) is 3.32. The second kappa shape index (κ2) is 9.96. The average molecular weight is 453 g/mol. The molecule has 0 atom stereocenters. The van der Waals surface area contributed by atoms with Gasteiger partial charge in [0.2, 0.25) is 0 Å². The van der Waals surface area contributed by atoms with Crippen LogP contribution in [0, 0.1) is 0 Å². The van der Waals surface area contributed by atoms with Crippen LogP contribution >= 0.6 is 0 Å². The quantitative estimate of drug-likeness (QED) is 0.710. The summed E-state index contributed by atoms with van der Waals surface area (Å²) < 4.78 is 11.3. The minimum atomic E-state index is -0.272. The fourth-order valence-electron chi connectivity index (χ4n) is 3.73. The number of rotatable bonds is 5. The Morgan fingerprint density at radius 1 is 0.970 bits per heavy atom. The third-order valence-electron chi connectivity index (χ3n) is 5.70. The number of amides is 2. The Kier molecular flexibility index (Phi) is 7.48. The molecule has 0 aliphatic carbocycles. The van der Waals surface area contributed by atoms with Crippen LogP contribution in [0.2, 0.25) is 0 Å². The number of carbonyl (C=O) groups is 2. The number of hydrogen-bond donors (Lipinski definition) is 1. The largest absolute Gasteiger partial charge is 0.483 e. The van der Waals surface area contributed by atoms with Crippen molar-refractivity contribution < 1.29 is 19.1 Å². The lowest BCUT2D eigenvalue weighted by Crippen LogP contribution is -2.40. The van der Waals surface area contributed by atoms with Gasteiger partial charge >= 0.3 is 0 Å². The first-order valence-electron chi connectivity index (χ1n) is 11.5. The van der Waals surface area contributed by atoms with Crippen LogP contribution in [-0.4, -0.2) is 49.6 Å². The number of benzene rings is 2. The predicted molar refractivity (Wildman–Crippen MR) is 131 cm³/mol. The Morgan fingerprint density at radius 2 is 1.67 bits per heavy atom. The minimum Gasteiger partial charge on any atom is -0.483 e. The molecule has 0 radical (unpaired) electrons. The first-order valence-corrected chi connectivity index (χ1v) is 11.5. The van der Waals surface area contributed by atoms with Crippen molar-refractivity contribution in [3.05, 3.63) is 59.2 Å². The molecule has 0 bridgehead atoms. The lowest BCUT2D eigenvalue weighted by Gasteiger charge is -2.27. The van der Waals surface area contributed by atoms with Gasteiger partial charge in [-0.05, 0) is 46.2 Å². The van der Waals surface area contributed by atoms with Crippen molar-refractivity contribution in [2.24, 2.45) is 0 Å². The van der Waals surface area contributed by atoms with Gasteiger partial charge in [0.05, 0.1) is 13.2 Å². The number of ether oxygens (including phenoxy) is 2. The van der Waals surface area contributed by atoms with Crippen LogP contribution in [0.25, 0.3) is 0 Å². The SMILES string of the molecule is CC(C)(C)c1ccc(OCC(=O)Nc2cccc(C(=O)N3CCOCC3)c2)c(C(C)(C)C)c1. The topological polar surface area (TPSA) is 67.9 Å². The number of nitrogens with zero attached hydrogens (tertiary/aromatic N) is 1. The van der Waals surface area contributed by atoms with Crippen molar-refractivity contribution in [1.82, 2.24) is 4.90 Å². The second-order valence-electron chi connectivity index (χ2n) is 10.5. The molecule has 2 amide bonds. The van der Waals surface area contributed by atoms with Gasteiger partial charge in [0, 0.05) is 24.3 Å². The molecule has 1 aliphatic rings. The molecule has 6 nitrogen and oxygen atoms in total. The van der Waals surface area contributed by atoms with Crippen LogP contribution in [0.15, 0.2) is 42.5 Å². The zero-order chi connectivity index (χ0) is 24.2. The summed E-state index contributed by atoms with van der Waals surface area (Å²) in [5.74, 6) is 0.382. The van der Waals surface area contributed by atoms with E-state index >= 15 is 0 Å². The maximum absolute atomic E-state index is 12.7. The highest BCUT2D eigenvalue weighted by molar-refractivity contribution is 5.97. The second-order valence-corrected chi connectivity index (χ2v) is 10.5. The van der Waals surface area contributed by atoms with E-state index < -0.39 is 0 Å². The van der Waals surface area contributed by atoms with Gasteiger partial charge in [-0.15, -0.1) is 0 Å². The molecule has 6 heteroatoms. The van der Waals surface area contributed by atoms with E-state index in [-0.39, 0.29) is 29.3 Å². The molecule has 178 valence electrons. The van der Waals surface area contributed by atoms with E-state index in [4.69, 9.17) is 9.47 Å². The smallest absolute Gasteiger partial charge is 0.262 e. The van der Waals surface area contributed by atoms with Crippen LogP contribution < -0.4 is 10.1 Å². The highest BCUT2D eigenvalue weighted by Gasteiger charge is 2.24. The van der Waals surface area contributed by atoms with E-state index in [0.29, 0.717) is 43.3 Å². The van der Waals surface area contributed by atoms with Crippen molar-refractivity contribution >= 4 is 17.5 Å². The van der Waals surface area contributed by atoms with Gasteiger partial charge in [0.1, 0.15) is 5.75 Å². The lowest BCUT2D eigenvalue weighted by atomic mass is 9.80. The first-order chi connectivity index (χ1) is 15.4. The lowest BCUT2D eigenvalue weighted by molar-refractivity contribution is -0.118. The fraction of sp³-hybridized carbons (Fsp3) is 0.481. The highest BCUT2D eigenvalue weighted by atomic mass is 16.5. The number of nitrogens with one attached hydrogen (secondary N) is 1. The summed E-state index contributed by atoms with van der Waals surface area (Å²) in [7, 11) is 0. The summed E-state index contributed by atoms with van der Waals surface area (Å²) in [4.78, 5) is 27.1. The Morgan fingerprint density at radius 3 is 2.30 bits per heavy atom. The average Bonchev–Trinajstić information content (AvgIpc) is 2.76. The Hall–Kier alpha value is -2.86. The molecule has 0 saturated carbocycles. The number of hydrogen-bond acceptors (Lipinski definition) is 4. The summed E-state index contributed by atoms with van der Waals surface area (Å²) in [5, 5.41) is 2.84. The van der Waals surface area contributed by atoms with Gasteiger partial charge in [-0.1, -0.05) is 59.7 Å². The van der Waals surface area contributed by atoms with Crippen LogP contribution in [0.3, 0.4) is 0 Å². The van der Waals surface area contributed by atoms with Gasteiger partial charge in [0.15, 0.2) is 6.61 Å². The van der Waals surface area contributed by atoms with Gasteiger partial charge < -0.3 is 19.7 Å². The van der Waals surface area contributed by atoms with Gasteiger partial charge in [-0.25, -0.2) is 0 Å². The standard InChI is InChI=1S/C27H36N2O4/c1-26(2,3)20-10-11-23(22(17-20)27(4,5)6)33-18-24(30)28-21-9-7-8-19(16-21)25(31)29-12-14-32-15-13-29/h7-11,16-17H,12-15,18H2,1-6H3,(H,28,30). The normalized spacial score (nSPS) is 14.7. The van der Waals surface area contributed by atoms with Crippen LogP contribution in [0.5, 0.6) is 5.75 Å². The van der Waals surface area contributed by atoms with Gasteiger partial charge in [-0.3, -0.25) is 9.59 Å². The highest BCUT2D eigenvalue weighted by Crippen LogP contribution is 2.35. The van der Waals surface area contributed by atoms with E-state index in [9.17, 15) is 9.59 Å². The van der Waals surface area contributed by atoms with Crippen molar-refractivity contribution in [3.8, 4) is 5.75 Å². The van der Waals surface area contributed by atoms with E-state index in [1.54, 1.807) is 29.2 Å². The van der Waals surface area contributed by atoms with Crippen LogP contribution in [0.1, 0.15) is 63.0 Å². The number of carbonyl (C=O) groups excluding carboxylic acids is 2. The van der Waals surface area contributed by atoms with Gasteiger partial charge in [0.25, 0.3) is 11.8 Å². The molecule has 1 N–H and O–H groups in total. The molecule has 2 aromatic rings. The summed E-state index contributed by atoms with van der Waals surface area (Å²) in [6.07, 6.45) is 0. The molecule has 1 aliphatic heterocycles. The monoisotopic (exact) mass is 452 g/mol.